The number of aromatic nitrogens is 2. The number of aryl methyl sites for hydroxylation is 1. The third-order valence-electron chi connectivity index (χ3n) is 2.43. The molecular weight excluding hydrogens is 223 g/mol. The summed E-state index contributed by atoms with van der Waals surface area (Å²) in [5.41, 5.74) is 1.73. The van der Waals surface area contributed by atoms with Crippen molar-refractivity contribution < 1.29 is 13.9 Å². The molecule has 0 aliphatic carbocycles. The van der Waals surface area contributed by atoms with Gasteiger partial charge in [-0.15, -0.1) is 0 Å². The molecule has 0 bridgehead atoms. The molecule has 1 aromatic carbocycles. The Morgan fingerprint density at radius 2 is 2.24 bits per heavy atom. The lowest BCUT2D eigenvalue weighted by molar-refractivity contribution is 0.111. The summed E-state index contributed by atoms with van der Waals surface area (Å²) in [6, 6.07) is 4.17. The molecule has 4 nitrogen and oxygen atoms in total. The number of halogens is 1. The Morgan fingerprint density at radius 1 is 1.47 bits per heavy atom. The summed E-state index contributed by atoms with van der Waals surface area (Å²) in [7, 11) is 1.50. The number of benzene rings is 1. The van der Waals surface area contributed by atoms with Crippen LogP contribution in [-0.4, -0.2) is 23.4 Å². The molecule has 17 heavy (non-hydrogen) atoms. The number of H-pyrrole nitrogens is 1. The van der Waals surface area contributed by atoms with Gasteiger partial charge in [0.15, 0.2) is 12.1 Å². The Kier molecular flexibility index (Phi) is 2.91. The van der Waals surface area contributed by atoms with Crippen LogP contribution in [0.5, 0.6) is 5.75 Å². The zero-order chi connectivity index (χ0) is 12.4. The fourth-order valence-electron chi connectivity index (χ4n) is 1.67. The number of hydrogen-bond acceptors (Lipinski definition) is 3. The quantitative estimate of drug-likeness (QED) is 0.829. The summed E-state index contributed by atoms with van der Waals surface area (Å²) in [6.45, 7) is 1.76. The molecule has 0 aliphatic heterocycles. The Balaban J connectivity index is 2.61. The summed E-state index contributed by atoms with van der Waals surface area (Å²) in [5, 5.41) is 0. The minimum absolute atomic E-state index is 0.212. The number of hydrogen-bond donors (Lipinski definition) is 1. The van der Waals surface area contributed by atoms with Crippen molar-refractivity contribution in [1.29, 1.82) is 0 Å². The lowest BCUT2D eigenvalue weighted by Gasteiger charge is -2.06. The van der Waals surface area contributed by atoms with Crippen molar-refractivity contribution in [2.45, 2.75) is 6.92 Å². The van der Waals surface area contributed by atoms with E-state index in [0.717, 1.165) is 0 Å². The smallest absolute Gasteiger partial charge is 0.185 e. The number of methoxy groups -OCH3 is 1. The van der Waals surface area contributed by atoms with E-state index in [4.69, 9.17) is 4.74 Å². The highest BCUT2D eigenvalue weighted by Crippen LogP contribution is 2.31. The van der Waals surface area contributed by atoms with E-state index in [0.29, 0.717) is 29.0 Å². The van der Waals surface area contributed by atoms with Crippen LogP contribution in [0, 0.1) is 12.7 Å². The largest absolute Gasteiger partial charge is 0.496 e. The first kappa shape index (κ1) is 11.3. The van der Waals surface area contributed by atoms with E-state index in [9.17, 15) is 9.18 Å². The van der Waals surface area contributed by atoms with E-state index < -0.39 is 0 Å². The van der Waals surface area contributed by atoms with Gasteiger partial charge in [0, 0.05) is 11.3 Å². The standard InChI is InChI=1S/C12H11FN2O2/c1-7-12(15-11(6-16)14-7)9-5-8(13)3-4-10(9)17-2/h3-6H,1-2H3,(H,14,15). The van der Waals surface area contributed by atoms with Gasteiger partial charge in [0.05, 0.1) is 12.8 Å². The lowest BCUT2D eigenvalue weighted by Crippen LogP contribution is -1.91. The Morgan fingerprint density at radius 3 is 2.82 bits per heavy atom. The van der Waals surface area contributed by atoms with E-state index in [1.807, 2.05) is 0 Å². The minimum Gasteiger partial charge on any atom is -0.496 e. The van der Waals surface area contributed by atoms with E-state index in [1.165, 1.54) is 25.3 Å². The first-order valence-corrected chi connectivity index (χ1v) is 5.01. The first-order valence-electron chi connectivity index (χ1n) is 5.01. The lowest BCUT2D eigenvalue weighted by atomic mass is 10.1. The van der Waals surface area contributed by atoms with Gasteiger partial charge < -0.3 is 9.72 Å². The molecule has 0 fully saturated rings. The molecule has 5 heteroatoms. The summed E-state index contributed by atoms with van der Waals surface area (Å²) in [5.74, 6) is 0.345. The second-order valence-corrected chi connectivity index (χ2v) is 3.56. The van der Waals surface area contributed by atoms with Gasteiger partial charge in [-0.3, -0.25) is 4.79 Å². The maximum Gasteiger partial charge on any atom is 0.185 e. The number of ether oxygens (including phenoxy) is 1. The van der Waals surface area contributed by atoms with Crippen molar-refractivity contribution in [3.8, 4) is 17.0 Å². The predicted molar refractivity (Wildman–Crippen MR) is 60.7 cm³/mol. The van der Waals surface area contributed by atoms with E-state index in [-0.39, 0.29) is 11.6 Å². The number of carbonyl (C=O) groups is 1. The van der Waals surface area contributed by atoms with Gasteiger partial charge in [-0.2, -0.15) is 0 Å². The number of aldehydes is 1. The zero-order valence-electron chi connectivity index (χ0n) is 9.45. The fourth-order valence-corrected chi connectivity index (χ4v) is 1.67. The highest BCUT2D eigenvalue weighted by atomic mass is 19.1. The van der Waals surface area contributed by atoms with E-state index in [2.05, 4.69) is 9.97 Å². The molecule has 88 valence electrons. The zero-order valence-corrected chi connectivity index (χ0v) is 9.45. The van der Waals surface area contributed by atoms with Crippen molar-refractivity contribution in [2.75, 3.05) is 7.11 Å². The van der Waals surface area contributed by atoms with Crippen LogP contribution < -0.4 is 4.74 Å². The van der Waals surface area contributed by atoms with Gasteiger partial charge in [-0.1, -0.05) is 0 Å². The number of aromatic amines is 1. The molecule has 2 rings (SSSR count). The maximum atomic E-state index is 13.2. The number of nitrogens with one attached hydrogen (secondary N) is 1. The summed E-state index contributed by atoms with van der Waals surface area (Å²) in [4.78, 5) is 17.5. The molecule has 1 heterocycles. The SMILES string of the molecule is COc1ccc(F)cc1-c1nc(C=O)[nH]c1C. The van der Waals surface area contributed by atoms with E-state index >= 15 is 0 Å². The fraction of sp³-hybridized carbons (Fsp3) is 0.167. The average Bonchev–Trinajstić information content (AvgIpc) is 2.70. The number of imidazole rings is 1. The van der Waals surface area contributed by atoms with Crippen molar-refractivity contribution in [2.24, 2.45) is 0 Å². The van der Waals surface area contributed by atoms with Crippen molar-refractivity contribution in [3.63, 3.8) is 0 Å². The van der Waals surface area contributed by atoms with Gasteiger partial charge in [0.25, 0.3) is 0 Å². The highest BCUT2D eigenvalue weighted by molar-refractivity contribution is 5.75. The van der Waals surface area contributed by atoms with Crippen molar-refractivity contribution >= 4 is 6.29 Å². The molecule has 2 aromatic rings. The third-order valence-corrected chi connectivity index (χ3v) is 2.43. The number of nitrogens with zero attached hydrogens (tertiary/aromatic N) is 1. The van der Waals surface area contributed by atoms with Crippen LogP contribution >= 0.6 is 0 Å². The Bertz CT molecular complexity index is 564. The van der Waals surface area contributed by atoms with Crippen LogP contribution in [0.1, 0.15) is 16.3 Å². The van der Waals surface area contributed by atoms with Crippen molar-refractivity contribution in [1.82, 2.24) is 9.97 Å². The monoisotopic (exact) mass is 234 g/mol. The van der Waals surface area contributed by atoms with Crippen LogP contribution in [0.4, 0.5) is 4.39 Å². The van der Waals surface area contributed by atoms with E-state index in [1.54, 1.807) is 6.92 Å². The van der Waals surface area contributed by atoms with Crippen LogP contribution in [0.2, 0.25) is 0 Å². The van der Waals surface area contributed by atoms with Crippen LogP contribution in [0.25, 0.3) is 11.3 Å². The summed E-state index contributed by atoms with van der Waals surface area (Å²) < 4.78 is 18.4. The van der Waals surface area contributed by atoms with Crippen LogP contribution in [-0.2, 0) is 0 Å². The molecule has 1 N–H and O–H groups in total. The van der Waals surface area contributed by atoms with Gasteiger partial charge in [-0.05, 0) is 25.1 Å². The minimum atomic E-state index is -0.379. The molecular formula is C12H11FN2O2. The predicted octanol–water partition coefficient (Wildman–Crippen LogP) is 2.35. The molecule has 1 aromatic heterocycles. The molecule has 0 amide bonds. The van der Waals surface area contributed by atoms with Crippen molar-refractivity contribution in [3.05, 3.63) is 35.5 Å². The van der Waals surface area contributed by atoms with Crippen LogP contribution in [0.3, 0.4) is 0 Å². The maximum absolute atomic E-state index is 13.2. The normalized spacial score (nSPS) is 10.3. The summed E-state index contributed by atoms with van der Waals surface area (Å²) in [6.07, 6.45) is 0.613. The third kappa shape index (κ3) is 2.04. The van der Waals surface area contributed by atoms with Crippen LogP contribution in [0.15, 0.2) is 18.2 Å². The molecule has 0 atom stereocenters. The van der Waals surface area contributed by atoms with Gasteiger partial charge in [0.1, 0.15) is 11.6 Å². The molecule has 0 radical (unpaired) electrons. The molecule has 0 spiro atoms. The second kappa shape index (κ2) is 4.37. The first-order chi connectivity index (χ1) is 8.15. The van der Waals surface area contributed by atoms with Gasteiger partial charge >= 0.3 is 0 Å². The second-order valence-electron chi connectivity index (χ2n) is 3.56. The Hall–Kier alpha value is -2.17. The number of rotatable bonds is 3. The van der Waals surface area contributed by atoms with Gasteiger partial charge in [0.2, 0.25) is 0 Å². The molecule has 0 saturated carbocycles. The average molecular weight is 234 g/mol. The highest BCUT2D eigenvalue weighted by Gasteiger charge is 2.14. The topological polar surface area (TPSA) is 55.0 Å². The molecule has 0 saturated heterocycles. The molecule has 0 unspecified atom stereocenters. The number of carbonyl (C=O) groups excluding carboxylic acids is 1. The molecule has 0 aliphatic rings. The summed E-state index contributed by atoms with van der Waals surface area (Å²) >= 11 is 0. The van der Waals surface area contributed by atoms with Gasteiger partial charge in [-0.25, -0.2) is 9.37 Å². The Labute approximate surface area is 97.5 Å².